The summed E-state index contributed by atoms with van der Waals surface area (Å²) in [6, 6.07) is 0. The van der Waals surface area contributed by atoms with E-state index in [-0.39, 0.29) is 30.0 Å². The first kappa shape index (κ1) is 19.2. The Morgan fingerprint density at radius 3 is 1.83 bits per heavy atom. The van der Waals surface area contributed by atoms with Crippen molar-refractivity contribution in [2.24, 2.45) is 0 Å². The van der Waals surface area contributed by atoms with Crippen molar-refractivity contribution in [2.75, 3.05) is 7.11 Å². The predicted octanol–water partition coefficient (Wildman–Crippen LogP) is 2.59. The van der Waals surface area contributed by atoms with Crippen molar-refractivity contribution in [1.29, 1.82) is 0 Å². The van der Waals surface area contributed by atoms with E-state index in [9.17, 15) is 19.2 Å². The Morgan fingerprint density at radius 1 is 1.00 bits per heavy atom. The second-order valence-corrected chi connectivity index (χ2v) is 6.06. The molecule has 8 heteroatoms. The predicted molar refractivity (Wildman–Crippen MR) is 89.1 cm³/mol. The fourth-order valence-electron chi connectivity index (χ4n) is 1.56. The number of Topliss-reactive ketones (excluding diaryl/α,β-unsaturated/α-hetero) is 2. The van der Waals surface area contributed by atoms with Crippen molar-refractivity contribution >= 4 is 55.4 Å². The number of ketones is 2. The lowest BCUT2D eigenvalue weighted by atomic mass is 10.1. The summed E-state index contributed by atoms with van der Waals surface area (Å²) in [7, 11) is 1.31. The summed E-state index contributed by atoms with van der Waals surface area (Å²) in [5.41, 5.74) is 0.584. The first-order valence-corrected chi connectivity index (χ1v) is 7.87. The first-order valence-electron chi connectivity index (χ1n) is 6.29. The fraction of sp³-hybridized carbons (Fsp3) is 0.200. The molecule has 0 aromatic rings. The molecule has 2 aliphatic carbocycles. The molecular weight excluding hydrogens is 436 g/mol. The Labute approximate surface area is 148 Å². The van der Waals surface area contributed by atoms with Crippen LogP contribution in [0.3, 0.4) is 0 Å². The lowest BCUT2D eigenvalue weighted by Gasteiger charge is -2.06. The quantitative estimate of drug-likeness (QED) is 0.653. The number of ether oxygens (including phenoxy) is 1. The average molecular weight is 448 g/mol. The fourth-order valence-corrected chi connectivity index (χ4v) is 2.38. The van der Waals surface area contributed by atoms with Crippen LogP contribution in [0.2, 0.25) is 0 Å². The molecule has 0 aromatic carbocycles. The van der Waals surface area contributed by atoms with Gasteiger partial charge in [0, 0.05) is 12.8 Å². The molecule has 122 valence electrons. The van der Waals surface area contributed by atoms with Gasteiger partial charge in [0.15, 0.2) is 11.6 Å². The maximum atomic E-state index is 11.0. The van der Waals surface area contributed by atoms with E-state index < -0.39 is 11.9 Å². The van der Waals surface area contributed by atoms with Gasteiger partial charge < -0.3 is 9.84 Å². The molecule has 2 aliphatic rings. The van der Waals surface area contributed by atoms with Gasteiger partial charge in [-0.25, -0.2) is 9.59 Å². The van der Waals surface area contributed by atoms with E-state index in [4.69, 9.17) is 5.11 Å². The molecular formula is C15H12Br2O6. The van der Waals surface area contributed by atoms with Gasteiger partial charge in [-0.2, -0.15) is 0 Å². The summed E-state index contributed by atoms with van der Waals surface area (Å²) in [4.78, 5) is 43.1. The highest BCUT2D eigenvalue weighted by molar-refractivity contribution is 9.12. The van der Waals surface area contributed by atoms with Crippen LogP contribution in [0, 0.1) is 0 Å². The monoisotopic (exact) mass is 446 g/mol. The smallest absolute Gasteiger partial charge is 0.337 e. The number of esters is 1. The van der Waals surface area contributed by atoms with Crippen LogP contribution in [-0.2, 0) is 23.9 Å². The second kappa shape index (κ2) is 8.73. The average Bonchev–Trinajstić information content (AvgIpc) is 2.52. The Morgan fingerprint density at radius 2 is 1.43 bits per heavy atom. The van der Waals surface area contributed by atoms with Crippen molar-refractivity contribution in [1.82, 2.24) is 0 Å². The summed E-state index contributed by atoms with van der Waals surface area (Å²) in [6.45, 7) is 0. The highest BCUT2D eigenvalue weighted by Gasteiger charge is 2.16. The Kier molecular flexibility index (Phi) is 7.31. The number of halogens is 2. The minimum absolute atomic E-state index is 0.0253. The zero-order valence-corrected chi connectivity index (χ0v) is 15.1. The molecule has 0 unspecified atom stereocenters. The molecule has 0 aromatic heterocycles. The molecule has 0 aliphatic heterocycles. The second-order valence-electron chi connectivity index (χ2n) is 4.35. The van der Waals surface area contributed by atoms with Crippen LogP contribution in [0.1, 0.15) is 12.8 Å². The number of hydrogen-bond donors (Lipinski definition) is 1. The standard InChI is InChI=1S/C8H7BrO3.C7H5BrO3/c1-12-8(11)5-2-3-7(10)6(9)4-5;8-5-3-4(7(10)11)1-2-6(5)9/h2,4H,3H2,1H3;1,3H,2H2,(H,10,11). The van der Waals surface area contributed by atoms with Crippen molar-refractivity contribution in [3.63, 3.8) is 0 Å². The third-order valence-electron chi connectivity index (χ3n) is 2.78. The van der Waals surface area contributed by atoms with E-state index in [1.54, 1.807) is 6.08 Å². The molecule has 6 nitrogen and oxygen atoms in total. The molecule has 2 rings (SSSR count). The molecule has 23 heavy (non-hydrogen) atoms. The lowest BCUT2D eigenvalue weighted by Crippen LogP contribution is -2.09. The van der Waals surface area contributed by atoms with Crippen LogP contribution < -0.4 is 0 Å². The number of allylic oxidation sites excluding steroid dienone is 4. The van der Waals surface area contributed by atoms with E-state index in [1.807, 2.05) is 0 Å². The topological polar surface area (TPSA) is 97.7 Å². The number of hydrogen-bond acceptors (Lipinski definition) is 5. The van der Waals surface area contributed by atoms with E-state index in [2.05, 4.69) is 36.6 Å². The molecule has 0 heterocycles. The van der Waals surface area contributed by atoms with E-state index in [0.717, 1.165) is 0 Å². The minimum Gasteiger partial charge on any atom is -0.478 e. The van der Waals surface area contributed by atoms with Gasteiger partial charge in [0.25, 0.3) is 0 Å². The van der Waals surface area contributed by atoms with Crippen LogP contribution >= 0.6 is 31.9 Å². The SMILES string of the molecule is COC(=O)C1=CCC(=O)C(Br)=C1.O=C(O)C1=CCC(=O)C(Br)=C1. The molecule has 0 amide bonds. The van der Waals surface area contributed by atoms with Gasteiger partial charge >= 0.3 is 11.9 Å². The van der Waals surface area contributed by atoms with Crippen LogP contribution in [0.4, 0.5) is 0 Å². The van der Waals surface area contributed by atoms with Crippen LogP contribution in [0.25, 0.3) is 0 Å². The summed E-state index contributed by atoms with van der Waals surface area (Å²) in [5, 5.41) is 8.50. The molecule has 1 N–H and O–H groups in total. The van der Waals surface area contributed by atoms with Gasteiger partial charge in [-0.1, -0.05) is 12.2 Å². The number of carbonyl (C=O) groups is 4. The van der Waals surface area contributed by atoms with Crippen molar-refractivity contribution in [3.05, 3.63) is 44.4 Å². The number of carbonyl (C=O) groups excluding carboxylic acids is 3. The maximum absolute atomic E-state index is 11.0. The molecule has 0 bridgehead atoms. The normalized spacial score (nSPS) is 17.0. The van der Waals surface area contributed by atoms with E-state index >= 15 is 0 Å². The number of carboxylic acid groups (broad SMARTS) is 1. The Balaban J connectivity index is 0.000000231. The summed E-state index contributed by atoms with van der Waals surface area (Å²) >= 11 is 6.02. The Bertz CT molecular complexity index is 682. The number of rotatable bonds is 2. The van der Waals surface area contributed by atoms with Gasteiger partial charge in [0.2, 0.25) is 0 Å². The molecule has 0 atom stereocenters. The minimum atomic E-state index is -1.01. The van der Waals surface area contributed by atoms with Crippen molar-refractivity contribution in [3.8, 4) is 0 Å². The van der Waals surface area contributed by atoms with Crippen LogP contribution in [-0.4, -0.2) is 35.7 Å². The molecule has 0 fully saturated rings. The molecule has 0 saturated carbocycles. The largest absolute Gasteiger partial charge is 0.478 e. The van der Waals surface area contributed by atoms with Gasteiger partial charge in [-0.15, -0.1) is 0 Å². The Hall–Kier alpha value is -1.80. The third-order valence-corrected chi connectivity index (χ3v) is 4.12. The summed E-state index contributed by atoms with van der Waals surface area (Å²) < 4.78 is 5.24. The molecule has 0 radical (unpaired) electrons. The summed E-state index contributed by atoms with van der Waals surface area (Å²) in [6.07, 6.45) is 6.15. The zero-order valence-electron chi connectivity index (χ0n) is 12.0. The zero-order chi connectivity index (χ0) is 17.6. The lowest BCUT2D eigenvalue weighted by molar-refractivity contribution is -0.136. The first-order chi connectivity index (χ1) is 10.8. The molecule has 0 spiro atoms. The van der Waals surface area contributed by atoms with Gasteiger partial charge in [0.05, 0.1) is 27.2 Å². The van der Waals surface area contributed by atoms with Gasteiger partial charge in [0.1, 0.15) is 0 Å². The van der Waals surface area contributed by atoms with Crippen LogP contribution in [0.5, 0.6) is 0 Å². The van der Waals surface area contributed by atoms with Crippen molar-refractivity contribution in [2.45, 2.75) is 12.8 Å². The third kappa shape index (κ3) is 5.72. The van der Waals surface area contributed by atoms with Crippen LogP contribution in [0.15, 0.2) is 44.4 Å². The number of methoxy groups -OCH3 is 1. The number of carboxylic acids is 1. The molecule has 0 saturated heterocycles. The highest BCUT2D eigenvalue weighted by Crippen LogP contribution is 2.20. The van der Waals surface area contributed by atoms with E-state index in [0.29, 0.717) is 14.5 Å². The van der Waals surface area contributed by atoms with E-state index in [1.165, 1.54) is 25.3 Å². The maximum Gasteiger partial charge on any atom is 0.337 e. The van der Waals surface area contributed by atoms with Gasteiger partial charge in [-0.3, -0.25) is 9.59 Å². The van der Waals surface area contributed by atoms with Gasteiger partial charge in [-0.05, 0) is 44.0 Å². The van der Waals surface area contributed by atoms with Crippen molar-refractivity contribution < 1.29 is 29.0 Å². The highest BCUT2D eigenvalue weighted by atomic mass is 79.9. The summed E-state index contributed by atoms with van der Waals surface area (Å²) in [5.74, 6) is -1.54. The number of aliphatic carboxylic acids is 1.